The number of rotatable bonds is 4. The molecule has 0 bridgehead atoms. The second-order valence-corrected chi connectivity index (χ2v) is 8.76. The smallest absolute Gasteiger partial charge is 0.243 e. The van der Waals surface area contributed by atoms with E-state index in [2.05, 4.69) is 11.8 Å². The molecule has 0 spiro atoms. The molecular formula is C18H27ClFN3O3S. The molecule has 1 aromatic carbocycles. The molecule has 2 aliphatic rings. The number of nitrogens with zero attached hydrogens (tertiary/aromatic N) is 3. The predicted molar refractivity (Wildman–Crippen MR) is 104 cm³/mol. The SMILES string of the molecule is CCN1CCCC[C@H]1C(=O)N1CCN(S(=O)(=O)c2ccc(F)cc2)CC1.Cl. The van der Waals surface area contributed by atoms with Gasteiger partial charge in [-0.05, 0) is 50.2 Å². The van der Waals surface area contributed by atoms with Crippen LogP contribution in [0.5, 0.6) is 0 Å². The van der Waals surface area contributed by atoms with Crippen molar-refractivity contribution in [3.05, 3.63) is 30.1 Å². The Hall–Kier alpha value is -1.22. The van der Waals surface area contributed by atoms with Crippen LogP contribution in [-0.2, 0) is 14.8 Å². The van der Waals surface area contributed by atoms with Crippen molar-refractivity contribution in [2.45, 2.75) is 37.1 Å². The van der Waals surface area contributed by atoms with E-state index >= 15 is 0 Å². The van der Waals surface area contributed by atoms with Gasteiger partial charge in [0.15, 0.2) is 0 Å². The first-order valence-electron chi connectivity index (χ1n) is 9.22. The first-order chi connectivity index (χ1) is 12.4. The van der Waals surface area contributed by atoms with Gasteiger partial charge in [0, 0.05) is 26.2 Å². The number of hydrogen-bond donors (Lipinski definition) is 0. The molecule has 0 saturated carbocycles. The van der Waals surface area contributed by atoms with E-state index in [0.29, 0.717) is 13.1 Å². The fraction of sp³-hybridized carbons (Fsp3) is 0.611. The van der Waals surface area contributed by atoms with Crippen LogP contribution >= 0.6 is 12.4 Å². The van der Waals surface area contributed by atoms with Crippen LogP contribution in [0.3, 0.4) is 0 Å². The monoisotopic (exact) mass is 419 g/mol. The van der Waals surface area contributed by atoms with Crippen LogP contribution in [0.1, 0.15) is 26.2 Å². The molecule has 152 valence electrons. The zero-order chi connectivity index (χ0) is 18.7. The first-order valence-corrected chi connectivity index (χ1v) is 10.7. The summed E-state index contributed by atoms with van der Waals surface area (Å²) >= 11 is 0. The van der Waals surface area contributed by atoms with E-state index in [0.717, 1.165) is 44.5 Å². The highest BCUT2D eigenvalue weighted by Crippen LogP contribution is 2.21. The summed E-state index contributed by atoms with van der Waals surface area (Å²) in [5.74, 6) is -0.349. The molecule has 6 nitrogen and oxygen atoms in total. The molecule has 3 rings (SSSR count). The Balaban J connectivity index is 0.00000261. The molecule has 2 aliphatic heterocycles. The number of amides is 1. The number of sulfonamides is 1. The Morgan fingerprint density at radius 2 is 1.70 bits per heavy atom. The van der Waals surface area contributed by atoms with E-state index in [1.54, 1.807) is 4.90 Å². The topological polar surface area (TPSA) is 60.9 Å². The van der Waals surface area contributed by atoms with Crippen LogP contribution in [0.2, 0.25) is 0 Å². The van der Waals surface area contributed by atoms with E-state index in [1.807, 2.05) is 0 Å². The van der Waals surface area contributed by atoms with Crippen molar-refractivity contribution in [2.75, 3.05) is 39.3 Å². The standard InChI is InChI=1S/C18H26FN3O3S.ClH/c1-2-20-10-4-3-5-17(20)18(23)21-11-13-22(14-12-21)26(24,25)16-8-6-15(19)7-9-16;/h6-9,17H,2-5,10-14H2,1H3;1H/t17-;/m0./s1. The van der Waals surface area contributed by atoms with Gasteiger partial charge in [0.25, 0.3) is 0 Å². The first kappa shape index (κ1) is 22.1. The van der Waals surface area contributed by atoms with Crippen molar-refractivity contribution in [3.8, 4) is 0 Å². The van der Waals surface area contributed by atoms with Gasteiger partial charge in [0.2, 0.25) is 15.9 Å². The average molecular weight is 420 g/mol. The molecule has 2 heterocycles. The Morgan fingerprint density at radius 1 is 1.07 bits per heavy atom. The second-order valence-electron chi connectivity index (χ2n) is 6.82. The van der Waals surface area contributed by atoms with E-state index in [4.69, 9.17) is 0 Å². The molecular weight excluding hydrogens is 393 g/mol. The lowest BCUT2D eigenvalue weighted by Gasteiger charge is -2.40. The summed E-state index contributed by atoms with van der Waals surface area (Å²) in [6.07, 6.45) is 3.06. The van der Waals surface area contributed by atoms with Gasteiger partial charge in [-0.25, -0.2) is 12.8 Å². The fourth-order valence-corrected chi connectivity index (χ4v) is 5.19. The number of carbonyl (C=O) groups is 1. The minimum atomic E-state index is -3.65. The van der Waals surface area contributed by atoms with Gasteiger partial charge in [-0.1, -0.05) is 13.3 Å². The summed E-state index contributed by atoms with van der Waals surface area (Å²) in [6, 6.07) is 4.78. The number of likely N-dealkylation sites (tertiary alicyclic amines) is 1. The van der Waals surface area contributed by atoms with E-state index in [1.165, 1.54) is 16.4 Å². The molecule has 0 radical (unpaired) electrons. The largest absolute Gasteiger partial charge is 0.339 e. The zero-order valence-corrected chi connectivity index (χ0v) is 17.1. The van der Waals surface area contributed by atoms with Crippen LogP contribution in [0.25, 0.3) is 0 Å². The Bertz CT molecular complexity index is 737. The lowest BCUT2D eigenvalue weighted by Crippen LogP contribution is -2.56. The third-order valence-electron chi connectivity index (χ3n) is 5.31. The summed E-state index contributed by atoms with van der Waals surface area (Å²) in [5.41, 5.74) is 0. The summed E-state index contributed by atoms with van der Waals surface area (Å²) in [7, 11) is -3.65. The molecule has 2 saturated heterocycles. The molecule has 1 aromatic rings. The van der Waals surface area contributed by atoms with Gasteiger partial charge in [-0.3, -0.25) is 9.69 Å². The van der Waals surface area contributed by atoms with Gasteiger partial charge in [0.05, 0.1) is 10.9 Å². The number of halogens is 2. The van der Waals surface area contributed by atoms with Gasteiger partial charge >= 0.3 is 0 Å². The third-order valence-corrected chi connectivity index (χ3v) is 7.22. The number of piperazine rings is 1. The summed E-state index contributed by atoms with van der Waals surface area (Å²) in [5, 5.41) is 0. The second kappa shape index (κ2) is 9.32. The summed E-state index contributed by atoms with van der Waals surface area (Å²) in [6.45, 7) is 5.20. The molecule has 0 unspecified atom stereocenters. The third kappa shape index (κ3) is 4.80. The molecule has 0 N–H and O–H groups in total. The van der Waals surface area contributed by atoms with Gasteiger partial charge in [0.1, 0.15) is 5.82 Å². The number of piperidine rings is 1. The minimum Gasteiger partial charge on any atom is -0.339 e. The normalized spacial score (nSPS) is 22.3. The maximum atomic E-state index is 13.0. The molecule has 0 aliphatic carbocycles. The van der Waals surface area contributed by atoms with E-state index in [-0.39, 0.29) is 42.3 Å². The highest BCUT2D eigenvalue weighted by Gasteiger charge is 2.35. The maximum Gasteiger partial charge on any atom is 0.243 e. The lowest BCUT2D eigenvalue weighted by molar-refractivity contribution is -0.139. The van der Waals surface area contributed by atoms with Crippen LogP contribution < -0.4 is 0 Å². The predicted octanol–water partition coefficient (Wildman–Crippen LogP) is 1.95. The van der Waals surface area contributed by atoms with Crippen molar-refractivity contribution in [3.63, 3.8) is 0 Å². The Labute approximate surface area is 166 Å². The fourth-order valence-electron chi connectivity index (χ4n) is 3.76. The molecule has 9 heteroatoms. The summed E-state index contributed by atoms with van der Waals surface area (Å²) < 4.78 is 39.7. The highest BCUT2D eigenvalue weighted by molar-refractivity contribution is 7.89. The summed E-state index contributed by atoms with van der Waals surface area (Å²) in [4.78, 5) is 16.9. The van der Waals surface area contributed by atoms with E-state index in [9.17, 15) is 17.6 Å². The van der Waals surface area contributed by atoms with Crippen LogP contribution in [0, 0.1) is 5.82 Å². The van der Waals surface area contributed by atoms with Crippen LogP contribution in [-0.4, -0.2) is 73.7 Å². The highest BCUT2D eigenvalue weighted by atomic mass is 35.5. The average Bonchev–Trinajstić information content (AvgIpc) is 2.68. The lowest BCUT2D eigenvalue weighted by atomic mass is 10.0. The van der Waals surface area contributed by atoms with Crippen molar-refractivity contribution in [2.24, 2.45) is 0 Å². The van der Waals surface area contributed by atoms with Crippen molar-refractivity contribution >= 4 is 28.3 Å². The number of benzene rings is 1. The van der Waals surface area contributed by atoms with Gasteiger partial charge in [-0.2, -0.15) is 4.31 Å². The molecule has 27 heavy (non-hydrogen) atoms. The zero-order valence-electron chi connectivity index (χ0n) is 15.5. The van der Waals surface area contributed by atoms with Crippen molar-refractivity contribution in [1.82, 2.24) is 14.1 Å². The van der Waals surface area contributed by atoms with Crippen molar-refractivity contribution < 1.29 is 17.6 Å². The molecule has 1 amide bonds. The molecule has 1 atom stereocenters. The maximum absolute atomic E-state index is 13.0. The van der Waals surface area contributed by atoms with Crippen molar-refractivity contribution in [1.29, 1.82) is 0 Å². The number of likely N-dealkylation sites (N-methyl/N-ethyl adjacent to an activating group) is 1. The number of carbonyl (C=O) groups excluding carboxylic acids is 1. The Morgan fingerprint density at radius 3 is 2.30 bits per heavy atom. The number of hydrogen-bond acceptors (Lipinski definition) is 4. The molecule has 2 fully saturated rings. The molecule has 0 aromatic heterocycles. The minimum absolute atomic E-state index is 0. The van der Waals surface area contributed by atoms with Crippen LogP contribution in [0.4, 0.5) is 4.39 Å². The van der Waals surface area contributed by atoms with E-state index < -0.39 is 15.8 Å². The Kier molecular flexibility index (Phi) is 7.62. The van der Waals surface area contributed by atoms with Crippen LogP contribution in [0.15, 0.2) is 29.2 Å². The quantitative estimate of drug-likeness (QED) is 0.748. The van der Waals surface area contributed by atoms with Gasteiger partial charge < -0.3 is 4.90 Å². The van der Waals surface area contributed by atoms with Gasteiger partial charge in [-0.15, -0.1) is 12.4 Å².